The average Bonchev–Trinajstić information content (AvgIpc) is 3.52. The predicted octanol–water partition coefficient (Wildman–Crippen LogP) is 3.73. The van der Waals surface area contributed by atoms with Gasteiger partial charge < -0.3 is 20.1 Å². The van der Waals surface area contributed by atoms with E-state index in [1.54, 1.807) is 4.90 Å². The molecule has 1 atom stereocenters. The smallest absolute Gasteiger partial charge is 0.253 e. The van der Waals surface area contributed by atoms with Crippen LogP contribution in [-0.2, 0) is 17.8 Å². The zero-order valence-corrected chi connectivity index (χ0v) is 20.9. The van der Waals surface area contributed by atoms with Gasteiger partial charge in [0.25, 0.3) is 5.91 Å². The summed E-state index contributed by atoms with van der Waals surface area (Å²) in [5, 5.41) is 0.685. The van der Waals surface area contributed by atoms with E-state index in [2.05, 4.69) is 18.4 Å². The van der Waals surface area contributed by atoms with Crippen molar-refractivity contribution in [1.29, 1.82) is 0 Å². The van der Waals surface area contributed by atoms with Crippen molar-refractivity contribution in [3.05, 3.63) is 40.8 Å². The van der Waals surface area contributed by atoms with Crippen LogP contribution in [0.1, 0.15) is 62.1 Å². The summed E-state index contributed by atoms with van der Waals surface area (Å²) in [7, 11) is 0. The quantitative estimate of drug-likeness (QED) is 0.702. The minimum atomic E-state index is -0.649. The normalized spacial score (nSPS) is 23.5. The minimum Gasteiger partial charge on any atom is -0.338 e. The lowest BCUT2D eigenvalue weighted by Gasteiger charge is -2.36. The molecule has 182 valence electrons. The number of nitrogens with zero attached hydrogens (tertiary/aromatic N) is 4. The van der Waals surface area contributed by atoms with Crippen LogP contribution in [0, 0.1) is 5.41 Å². The standard InChI is InChI=1S/C26H34ClN5O2/c1-3-9-25(2)10-8-20-29-21(22(27)32(20)17-25)18-4-6-19(7-5-18)23(33)30-13-15-31(16-14-30)24(34)26(28)11-12-26/h4-7H,3,8-17,28H2,1-2H3. The largest absolute Gasteiger partial charge is 0.338 e. The van der Waals surface area contributed by atoms with E-state index in [0.717, 1.165) is 49.3 Å². The number of aryl methyl sites for hydroxylation is 1. The molecule has 0 bridgehead atoms. The Balaban J connectivity index is 1.25. The van der Waals surface area contributed by atoms with Crippen molar-refractivity contribution >= 4 is 23.4 Å². The Kier molecular flexibility index (Phi) is 5.97. The molecule has 34 heavy (non-hydrogen) atoms. The molecule has 1 saturated carbocycles. The Morgan fingerprint density at radius 3 is 2.32 bits per heavy atom. The van der Waals surface area contributed by atoms with E-state index in [-0.39, 0.29) is 17.2 Å². The minimum absolute atomic E-state index is 0.0157. The fraction of sp³-hybridized carbons (Fsp3) is 0.577. The van der Waals surface area contributed by atoms with Gasteiger partial charge in [-0.05, 0) is 43.2 Å². The lowest BCUT2D eigenvalue weighted by molar-refractivity contribution is -0.135. The Bertz CT molecular complexity index is 1100. The molecule has 8 heteroatoms. The predicted molar refractivity (Wildman–Crippen MR) is 133 cm³/mol. The number of aromatic nitrogens is 2. The third kappa shape index (κ3) is 4.24. The van der Waals surface area contributed by atoms with Gasteiger partial charge in [-0.1, -0.05) is 44.0 Å². The number of carbonyl (C=O) groups excluding carboxylic acids is 2. The highest BCUT2D eigenvalue weighted by molar-refractivity contribution is 6.32. The molecular formula is C26H34ClN5O2. The number of nitrogens with two attached hydrogens (primary N) is 1. The number of piperazine rings is 1. The van der Waals surface area contributed by atoms with E-state index < -0.39 is 5.54 Å². The zero-order chi connectivity index (χ0) is 24.1. The molecule has 2 aromatic rings. The highest BCUT2D eigenvalue weighted by atomic mass is 35.5. The topological polar surface area (TPSA) is 84.5 Å². The van der Waals surface area contributed by atoms with Gasteiger partial charge in [-0.3, -0.25) is 9.59 Å². The maximum atomic E-state index is 13.0. The van der Waals surface area contributed by atoms with Gasteiger partial charge in [0.1, 0.15) is 16.7 Å². The van der Waals surface area contributed by atoms with Crippen molar-refractivity contribution in [1.82, 2.24) is 19.4 Å². The third-order valence-corrected chi connectivity index (χ3v) is 8.19. The molecule has 0 radical (unpaired) electrons. The van der Waals surface area contributed by atoms with Gasteiger partial charge in [-0.25, -0.2) is 4.98 Å². The SMILES string of the molecule is CCCC1(C)CCc2nc(-c3ccc(C(=O)N4CCN(C(=O)C5(N)CC5)CC4)cc3)c(Cl)n2C1. The second kappa shape index (κ2) is 8.68. The molecule has 2 fully saturated rings. The number of imidazole rings is 1. The molecule has 1 aromatic carbocycles. The van der Waals surface area contributed by atoms with Crippen LogP contribution >= 0.6 is 11.6 Å². The van der Waals surface area contributed by atoms with Crippen molar-refractivity contribution in [3.8, 4) is 11.3 Å². The molecule has 7 nitrogen and oxygen atoms in total. The number of carbonyl (C=O) groups is 2. The monoisotopic (exact) mass is 483 g/mol. The number of fused-ring (bicyclic) bond motifs is 1. The number of benzene rings is 1. The van der Waals surface area contributed by atoms with Crippen LogP contribution < -0.4 is 5.73 Å². The van der Waals surface area contributed by atoms with Crippen molar-refractivity contribution in [3.63, 3.8) is 0 Å². The van der Waals surface area contributed by atoms with E-state index in [1.165, 1.54) is 12.8 Å². The molecule has 1 aliphatic carbocycles. The number of hydrogen-bond acceptors (Lipinski definition) is 4. The van der Waals surface area contributed by atoms with E-state index in [1.807, 2.05) is 29.2 Å². The summed E-state index contributed by atoms with van der Waals surface area (Å²) in [6.07, 6.45) is 5.94. The molecule has 0 spiro atoms. The summed E-state index contributed by atoms with van der Waals surface area (Å²) in [5.41, 5.74) is 8.01. The van der Waals surface area contributed by atoms with Crippen LogP contribution in [0.5, 0.6) is 0 Å². The lowest BCUT2D eigenvalue weighted by Crippen LogP contribution is -2.55. The van der Waals surface area contributed by atoms with E-state index >= 15 is 0 Å². The van der Waals surface area contributed by atoms with Crippen molar-refractivity contribution in [2.45, 2.75) is 64.5 Å². The highest BCUT2D eigenvalue weighted by Crippen LogP contribution is 2.40. The molecule has 1 aromatic heterocycles. The summed E-state index contributed by atoms with van der Waals surface area (Å²) in [6.45, 7) is 7.59. The summed E-state index contributed by atoms with van der Waals surface area (Å²) >= 11 is 6.79. The van der Waals surface area contributed by atoms with Gasteiger partial charge in [0.2, 0.25) is 5.91 Å². The molecular weight excluding hydrogens is 450 g/mol. The van der Waals surface area contributed by atoms with Crippen LogP contribution in [0.4, 0.5) is 0 Å². The third-order valence-electron chi connectivity index (χ3n) is 7.80. The van der Waals surface area contributed by atoms with Crippen LogP contribution in [0.15, 0.2) is 24.3 Å². The summed E-state index contributed by atoms with van der Waals surface area (Å²) < 4.78 is 2.17. The van der Waals surface area contributed by atoms with Gasteiger partial charge in [-0.2, -0.15) is 0 Å². The maximum absolute atomic E-state index is 13.0. The second-order valence-corrected chi connectivity index (χ2v) is 11.0. The van der Waals surface area contributed by atoms with Crippen molar-refractivity contribution in [2.75, 3.05) is 26.2 Å². The van der Waals surface area contributed by atoms with E-state index in [9.17, 15) is 9.59 Å². The first kappa shape index (κ1) is 23.4. The van der Waals surface area contributed by atoms with Crippen LogP contribution in [0.25, 0.3) is 11.3 Å². The second-order valence-electron chi connectivity index (χ2n) is 10.6. The molecule has 1 saturated heterocycles. The Morgan fingerprint density at radius 1 is 1.06 bits per heavy atom. The number of rotatable bonds is 5. The van der Waals surface area contributed by atoms with Gasteiger partial charge >= 0.3 is 0 Å². The fourth-order valence-electron chi connectivity index (χ4n) is 5.42. The number of hydrogen-bond donors (Lipinski definition) is 1. The van der Waals surface area contributed by atoms with Crippen LogP contribution in [0.3, 0.4) is 0 Å². The first-order chi connectivity index (χ1) is 16.2. The Labute approximate surface area is 206 Å². The van der Waals surface area contributed by atoms with E-state index in [0.29, 0.717) is 36.9 Å². The summed E-state index contributed by atoms with van der Waals surface area (Å²) in [4.78, 5) is 34.0. The Hall–Kier alpha value is -2.38. The van der Waals surface area contributed by atoms with E-state index in [4.69, 9.17) is 22.3 Å². The van der Waals surface area contributed by atoms with Gasteiger partial charge in [-0.15, -0.1) is 0 Å². The fourth-order valence-corrected chi connectivity index (χ4v) is 5.73. The van der Waals surface area contributed by atoms with Gasteiger partial charge in [0, 0.05) is 50.3 Å². The summed E-state index contributed by atoms with van der Waals surface area (Å²) in [6, 6.07) is 7.57. The first-order valence-electron chi connectivity index (χ1n) is 12.5. The van der Waals surface area contributed by atoms with Gasteiger partial charge in [0.05, 0.1) is 5.54 Å². The molecule has 5 rings (SSSR count). The van der Waals surface area contributed by atoms with Gasteiger partial charge in [0.15, 0.2) is 0 Å². The van der Waals surface area contributed by atoms with Crippen molar-refractivity contribution in [2.24, 2.45) is 11.1 Å². The molecule has 2 aliphatic heterocycles. The average molecular weight is 484 g/mol. The zero-order valence-electron chi connectivity index (χ0n) is 20.1. The maximum Gasteiger partial charge on any atom is 0.253 e. The first-order valence-corrected chi connectivity index (χ1v) is 12.8. The molecule has 3 heterocycles. The molecule has 3 aliphatic rings. The number of halogens is 1. The molecule has 2 amide bonds. The van der Waals surface area contributed by atoms with Crippen LogP contribution in [-0.4, -0.2) is 62.9 Å². The lowest BCUT2D eigenvalue weighted by atomic mass is 9.79. The molecule has 1 unspecified atom stereocenters. The Morgan fingerprint density at radius 2 is 1.71 bits per heavy atom. The number of amides is 2. The molecule has 2 N–H and O–H groups in total. The van der Waals surface area contributed by atoms with Crippen molar-refractivity contribution < 1.29 is 9.59 Å². The van der Waals surface area contributed by atoms with Crippen LogP contribution in [0.2, 0.25) is 5.15 Å². The highest BCUT2D eigenvalue weighted by Gasteiger charge is 2.48. The summed E-state index contributed by atoms with van der Waals surface area (Å²) in [5.74, 6) is 1.06.